The average Bonchev–Trinajstić information content (AvgIpc) is 2.58. The quantitative estimate of drug-likeness (QED) is 0.674. The van der Waals surface area contributed by atoms with Crippen LogP contribution in [0.4, 0.5) is 0 Å². The number of rotatable bonds is 7. The largest absolute Gasteiger partial charge is 0.320 e. The Kier molecular flexibility index (Phi) is 5.30. The van der Waals surface area contributed by atoms with E-state index in [-0.39, 0.29) is 0 Å². The van der Waals surface area contributed by atoms with Gasteiger partial charge in [-0.1, -0.05) is 12.8 Å². The summed E-state index contributed by atoms with van der Waals surface area (Å²) in [6, 6.07) is 0. The minimum absolute atomic E-state index is 1.06. The van der Waals surface area contributed by atoms with Crippen molar-refractivity contribution in [2.75, 3.05) is 13.6 Å². The zero-order valence-electron chi connectivity index (χ0n) is 9.29. The van der Waals surface area contributed by atoms with Gasteiger partial charge >= 0.3 is 0 Å². The highest BCUT2D eigenvalue weighted by Gasteiger charge is 1.94. The van der Waals surface area contributed by atoms with E-state index >= 15 is 0 Å². The molecule has 0 amide bonds. The van der Waals surface area contributed by atoms with Gasteiger partial charge in [0.05, 0.1) is 6.20 Å². The van der Waals surface area contributed by atoms with E-state index in [1.807, 2.05) is 17.9 Å². The van der Waals surface area contributed by atoms with Crippen LogP contribution in [0.2, 0.25) is 0 Å². The van der Waals surface area contributed by atoms with Gasteiger partial charge in [0.15, 0.2) is 0 Å². The third kappa shape index (κ3) is 4.42. The van der Waals surface area contributed by atoms with Crippen molar-refractivity contribution in [3.8, 4) is 0 Å². The lowest BCUT2D eigenvalue weighted by atomic mass is 10.2. The van der Waals surface area contributed by atoms with Crippen molar-refractivity contribution in [3.05, 3.63) is 18.0 Å². The van der Waals surface area contributed by atoms with Crippen LogP contribution in [0.15, 0.2) is 12.4 Å². The molecule has 0 fully saturated rings. The molecule has 0 saturated carbocycles. The molecule has 0 aromatic carbocycles. The molecule has 0 spiro atoms. The van der Waals surface area contributed by atoms with Gasteiger partial charge in [0.25, 0.3) is 0 Å². The maximum Gasteiger partial charge on any atom is 0.0518 e. The normalized spacial score (nSPS) is 10.7. The number of nitrogens with one attached hydrogen (secondary N) is 1. The Bertz CT molecular complexity index is 242. The van der Waals surface area contributed by atoms with Gasteiger partial charge < -0.3 is 5.32 Å². The van der Waals surface area contributed by atoms with Gasteiger partial charge in [-0.3, -0.25) is 4.68 Å². The van der Waals surface area contributed by atoms with Crippen LogP contribution < -0.4 is 5.32 Å². The van der Waals surface area contributed by atoms with Crippen molar-refractivity contribution in [2.45, 2.75) is 39.2 Å². The Morgan fingerprint density at radius 2 is 2.07 bits per heavy atom. The molecule has 3 nitrogen and oxygen atoms in total. The second kappa shape index (κ2) is 6.60. The number of aromatic nitrogens is 2. The molecular formula is C11H21N3. The third-order valence-electron chi connectivity index (χ3n) is 2.33. The summed E-state index contributed by atoms with van der Waals surface area (Å²) in [5.41, 5.74) is 1.25. The van der Waals surface area contributed by atoms with Gasteiger partial charge in [0.1, 0.15) is 0 Å². The summed E-state index contributed by atoms with van der Waals surface area (Å²) < 4.78 is 2.04. The number of hydrogen-bond donors (Lipinski definition) is 1. The molecule has 1 rings (SSSR count). The molecule has 0 unspecified atom stereocenters. The fourth-order valence-electron chi connectivity index (χ4n) is 1.52. The molecule has 0 saturated heterocycles. The monoisotopic (exact) mass is 195 g/mol. The van der Waals surface area contributed by atoms with Crippen molar-refractivity contribution >= 4 is 0 Å². The second-order valence-electron chi connectivity index (χ2n) is 3.80. The molecule has 0 aliphatic rings. The topological polar surface area (TPSA) is 29.9 Å². The molecule has 1 N–H and O–H groups in total. The van der Waals surface area contributed by atoms with Gasteiger partial charge in [-0.15, -0.1) is 0 Å². The highest BCUT2D eigenvalue weighted by atomic mass is 15.3. The molecule has 0 bridgehead atoms. The van der Waals surface area contributed by atoms with Crippen molar-refractivity contribution in [1.82, 2.24) is 15.1 Å². The van der Waals surface area contributed by atoms with E-state index in [1.165, 1.54) is 31.2 Å². The van der Waals surface area contributed by atoms with Crippen molar-refractivity contribution in [2.24, 2.45) is 0 Å². The molecule has 0 radical (unpaired) electrons. The SMILES string of the molecule is CNCCCCCCn1cc(C)cn1. The zero-order valence-corrected chi connectivity index (χ0v) is 9.29. The van der Waals surface area contributed by atoms with E-state index < -0.39 is 0 Å². The summed E-state index contributed by atoms with van der Waals surface area (Å²) in [6.45, 7) is 4.28. The first-order valence-corrected chi connectivity index (χ1v) is 5.46. The maximum absolute atomic E-state index is 4.25. The Labute approximate surface area is 86.5 Å². The van der Waals surface area contributed by atoms with Crippen LogP contribution in [0, 0.1) is 6.92 Å². The molecule has 1 heterocycles. The molecule has 1 aromatic rings. The first kappa shape index (κ1) is 11.2. The van der Waals surface area contributed by atoms with Crippen LogP contribution in [0.1, 0.15) is 31.2 Å². The van der Waals surface area contributed by atoms with Crippen molar-refractivity contribution < 1.29 is 0 Å². The first-order chi connectivity index (χ1) is 6.83. The predicted octanol–water partition coefficient (Wildman–Crippen LogP) is 1.97. The summed E-state index contributed by atoms with van der Waals surface area (Å²) in [4.78, 5) is 0. The Hall–Kier alpha value is -0.830. The van der Waals surface area contributed by atoms with E-state index in [0.29, 0.717) is 0 Å². The highest BCUT2D eigenvalue weighted by Crippen LogP contribution is 2.02. The van der Waals surface area contributed by atoms with Crippen LogP contribution in [-0.2, 0) is 6.54 Å². The number of nitrogens with zero attached hydrogens (tertiary/aromatic N) is 2. The van der Waals surface area contributed by atoms with Gasteiger partial charge in [-0.05, 0) is 38.9 Å². The Morgan fingerprint density at radius 1 is 1.29 bits per heavy atom. The molecule has 1 aromatic heterocycles. The molecule has 80 valence electrons. The summed E-state index contributed by atoms with van der Waals surface area (Å²) in [6.07, 6.45) is 9.18. The van der Waals surface area contributed by atoms with Gasteiger partial charge in [0.2, 0.25) is 0 Å². The number of unbranched alkanes of at least 4 members (excludes halogenated alkanes) is 3. The number of aryl methyl sites for hydroxylation is 2. The fraction of sp³-hybridized carbons (Fsp3) is 0.727. The lowest BCUT2D eigenvalue weighted by molar-refractivity contribution is 0.531. The second-order valence-corrected chi connectivity index (χ2v) is 3.80. The Balaban J connectivity index is 1.99. The van der Waals surface area contributed by atoms with Gasteiger partial charge in [0, 0.05) is 12.7 Å². The van der Waals surface area contributed by atoms with Crippen LogP contribution in [0.3, 0.4) is 0 Å². The minimum atomic E-state index is 1.06. The van der Waals surface area contributed by atoms with Crippen LogP contribution in [-0.4, -0.2) is 23.4 Å². The van der Waals surface area contributed by atoms with E-state index in [1.54, 1.807) is 0 Å². The molecule has 0 aliphatic carbocycles. The summed E-state index contributed by atoms with van der Waals surface area (Å²) in [5.74, 6) is 0. The smallest absolute Gasteiger partial charge is 0.0518 e. The van der Waals surface area contributed by atoms with Crippen LogP contribution in [0.25, 0.3) is 0 Å². The molecule has 0 atom stereocenters. The third-order valence-corrected chi connectivity index (χ3v) is 2.33. The van der Waals surface area contributed by atoms with Gasteiger partial charge in [-0.25, -0.2) is 0 Å². The zero-order chi connectivity index (χ0) is 10.2. The van der Waals surface area contributed by atoms with Gasteiger partial charge in [-0.2, -0.15) is 5.10 Å². The van der Waals surface area contributed by atoms with Crippen LogP contribution in [0.5, 0.6) is 0 Å². The highest BCUT2D eigenvalue weighted by molar-refractivity contribution is 4.99. The average molecular weight is 195 g/mol. The summed E-state index contributed by atoms with van der Waals surface area (Å²) in [7, 11) is 2.01. The van der Waals surface area contributed by atoms with E-state index in [0.717, 1.165) is 13.1 Å². The molecule has 14 heavy (non-hydrogen) atoms. The first-order valence-electron chi connectivity index (χ1n) is 5.46. The summed E-state index contributed by atoms with van der Waals surface area (Å²) >= 11 is 0. The van der Waals surface area contributed by atoms with Crippen molar-refractivity contribution in [1.29, 1.82) is 0 Å². The summed E-state index contributed by atoms with van der Waals surface area (Å²) in [5, 5.41) is 7.42. The molecule has 0 aliphatic heterocycles. The van der Waals surface area contributed by atoms with E-state index in [9.17, 15) is 0 Å². The van der Waals surface area contributed by atoms with Crippen LogP contribution >= 0.6 is 0 Å². The minimum Gasteiger partial charge on any atom is -0.320 e. The predicted molar refractivity (Wildman–Crippen MR) is 59.4 cm³/mol. The molecule has 3 heteroatoms. The number of hydrogen-bond acceptors (Lipinski definition) is 2. The van der Waals surface area contributed by atoms with E-state index in [4.69, 9.17) is 0 Å². The lowest BCUT2D eigenvalue weighted by Crippen LogP contribution is -2.07. The fourth-order valence-corrected chi connectivity index (χ4v) is 1.52. The lowest BCUT2D eigenvalue weighted by Gasteiger charge is -2.01. The Morgan fingerprint density at radius 3 is 2.71 bits per heavy atom. The standard InChI is InChI=1S/C11H21N3/c1-11-9-13-14(10-11)8-6-4-3-5-7-12-2/h9-10,12H,3-8H2,1-2H3. The molecular weight excluding hydrogens is 174 g/mol. The van der Waals surface area contributed by atoms with Crippen molar-refractivity contribution in [3.63, 3.8) is 0 Å². The maximum atomic E-state index is 4.25. The van der Waals surface area contributed by atoms with E-state index in [2.05, 4.69) is 23.5 Å².